The molecule has 0 aromatic rings. The quantitative estimate of drug-likeness (QED) is 0.647. The van der Waals surface area contributed by atoms with Gasteiger partial charge in [-0.3, -0.25) is 9.69 Å². The number of hydrogen-bond acceptors (Lipinski definition) is 4. The smallest absolute Gasteiger partial charge is 0.220 e. The average molecular weight is 255 g/mol. The lowest BCUT2D eigenvalue weighted by molar-refractivity contribution is -0.121. The van der Waals surface area contributed by atoms with Crippen LogP contribution in [-0.2, 0) is 9.53 Å². The molecule has 0 spiro atoms. The third-order valence-corrected chi connectivity index (χ3v) is 3.71. The van der Waals surface area contributed by atoms with E-state index in [1.807, 2.05) is 0 Å². The summed E-state index contributed by atoms with van der Waals surface area (Å²) >= 11 is 0. The van der Waals surface area contributed by atoms with E-state index in [0.717, 1.165) is 65.3 Å². The summed E-state index contributed by atoms with van der Waals surface area (Å²) in [4.78, 5) is 14.1. The third-order valence-electron chi connectivity index (χ3n) is 3.71. The Morgan fingerprint density at radius 1 is 1.39 bits per heavy atom. The van der Waals surface area contributed by atoms with Crippen LogP contribution in [0.5, 0.6) is 0 Å². The molecule has 2 saturated heterocycles. The molecular weight excluding hydrogens is 230 g/mol. The van der Waals surface area contributed by atoms with Gasteiger partial charge in [0.2, 0.25) is 5.91 Å². The monoisotopic (exact) mass is 255 g/mol. The second kappa shape index (κ2) is 7.71. The van der Waals surface area contributed by atoms with E-state index in [1.165, 1.54) is 0 Å². The molecule has 0 aromatic carbocycles. The second-order valence-electron chi connectivity index (χ2n) is 5.22. The Kier molecular flexibility index (Phi) is 5.90. The van der Waals surface area contributed by atoms with Crippen molar-refractivity contribution >= 4 is 5.91 Å². The van der Waals surface area contributed by atoms with Crippen molar-refractivity contribution < 1.29 is 9.53 Å². The topological polar surface area (TPSA) is 53.6 Å². The van der Waals surface area contributed by atoms with Crippen molar-refractivity contribution in [2.24, 2.45) is 5.92 Å². The minimum Gasteiger partial charge on any atom is -0.379 e. The zero-order valence-electron chi connectivity index (χ0n) is 11.1. The van der Waals surface area contributed by atoms with Crippen molar-refractivity contribution in [3.8, 4) is 0 Å². The van der Waals surface area contributed by atoms with Gasteiger partial charge in [0.25, 0.3) is 0 Å². The summed E-state index contributed by atoms with van der Waals surface area (Å²) in [5.41, 5.74) is 0. The highest BCUT2D eigenvalue weighted by Crippen LogP contribution is 2.11. The molecule has 2 N–H and O–H groups in total. The minimum atomic E-state index is 0.214. The molecule has 0 aliphatic carbocycles. The predicted octanol–water partition coefficient (Wildman–Crippen LogP) is -0.175. The molecule has 18 heavy (non-hydrogen) atoms. The molecule has 2 aliphatic rings. The highest BCUT2D eigenvalue weighted by atomic mass is 16.5. The zero-order chi connectivity index (χ0) is 12.6. The normalized spacial score (nSPS) is 25.2. The van der Waals surface area contributed by atoms with Crippen molar-refractivity contribution in [1.29, 1.82) is 0 Å². The van der Waals surface area contributed by atoms with Crippen LogP contribution in [0.2, 0.25) is 0 Å². The van der Waals surface area contributed by atoms with Crippen LogP contribution >= 0.6 is 0 Å². The Balaban J connectivity index is 1.47. The van der Waals surface area contributed by atoms with Crippen LogP contribution in [0.15, 0.2) is 0 Å². The van der Waals surface area contributed by atoms with Gasteiger partial charge in [0.1, 0.15) is 0 Å². The van der Waals surface area contributed by atoms with Gasteiger partial charge in [-0.2, -0.15) is 0 Å². The van der Waals surface area contributed by atoms with Crippen LogP contribution < -0.4 is 10.6 Å². The molecule has 0 aromatic heterocycles. The van der Waals surface area contributed by atoms with Crippen molar-refractivity contribution in [2.45, 2.75) is 19.3 Å². The molecule has 2 aliphatic heterocycles. The van der Waals surface area contributed by atoms with E-state index in [1.54, 1.807) is 0 Å². The van der Waals surface area contributed by atoms with Crippen LogP contribution in [0.1, 0.15) is 19.3 Å². The summed E-state index contributed by atoms with van der Waals surface area (Å²) in [7, 11) is 0. The van der Waals surface area contributed by atoms with Gasteiger partial charge in [-0.05, 0) is 38.4 Å². The van der Waals surface area contributed by atoms with Gasteiger partial charge in [0.05, 0.1) is 13.2 Å². The maximum Gasteiger partial charge on any atom is 0.220 e. The average Bonchev–Trinajstić information content (AvgIpc) is 2.89. The first-order valence-corrected chi connectivity index (χ1v) is 7.12. The molecule has 0 bridgehead atoms. The molecule has 5 nitrogen and oxygen atoms in total. The summed E-state index contributed by atoms with van der Waals surface area (Å²) in [5.74, 6) is 0.759. The number of amides is 1. The molecule has 2 fully saturated rings. The van der Waals surface area contributed by atoms with Crippen LogP contribution in [0, 0.1) is 5.92 Å². The largest absolute Gasteiger partial charge is 0.379 e. The first-order valence-electron chi connectivity index (χ1n) is 7.12. The van der Waals surface area contributed by atoms with Gasteiger partial charge in [-0.1, -0.05) is 0 Å². The van der Waals surface area contributed by atoms with E-state index in [9.17, 15) is 4.79 Å². The maximum atomic E-state index is 11.7. The third kappa shape index (κ3) is 4.92. The van der Waals surface area contributed by atoms with Gasteiger partial charge in [-0.15, -0.1) is 0 Å². The Labute approximate surface area is 109 Å². The standard InChI is InChI=1S/C13H25N3O2/c17-13(10-12-2-4-14-11-12)15-3-1-5-16-6-8-18-9-7-16/h12,14H,1-11H2,(H,15,17). The van der Waals surface area contributed by atoms with E-state index in [-0.39, 0.29) is 5.91 Å². The number of rotatable bonds is 6. The molecule has 1 amide bonds. The Morgan fingerprint density at radius 2 is 2.22 bits per heavy atom. The van der Waals surface area contributed by atoms with Crippen LogP contribution in [-0.4, -0.2) is 63.3 Å². The van der Waals surface area contributed by atoms with Gasteiger partial charge >= 0.3 is 0 Å². The summed E-state index contributed by atoms with van der Waals surface area (Å²) in [5, 5.41) is 6.31. The lowest BCUT2D eigenvalue weighted by Gasteiger charge is -2.26. The lowest BCUT2D eigenvalue weighted by atomic mass is 10.0. The number of hydrogen-bond donors (Lipinski definition) is 2. The highest BCUT2D eigenvalue weighted by molar-refractivity contribution is 5.76. The van der Waals surface area contributed by atoms with E-state index in [4.69, 9.17) is 4.74 Å². The molecule has 5 heteroatoms. The molecule has 1 unspecified atom stereocenters. The molecule has 104 valence electrons. The van der Waals surface area contributed by atoms with Gasteiger partial charge in [0.15, 0.2) is 0 Å². The van der Waals surface area contributed by atoms with E-state index >= 15 is 0 Å². The van der Waals surface area contributed by atoms with Crippen molar-refractivity contribution in [2.75, 3.05) is 52.5 Å². The van der Waals surface area contributed by atoms with E-state index in [2.05, 4.69) is 15.5 Å². The summed E-state index contributed by atoms with van der Waals surface area (Å²) in [6.07, 6.45) is 2.86. The number of ether oxygens (including phenoxy) is 1. The number of carbonyl (C=O) groups excluding carboxylic acids is 1. The Hall–Kier alpha value is -0.650. The van der Waals surface area contributed by atoms with Gasteiger partial charge in [-0.25, -0.2) is 0 Å². The molecule has 2 rings (SSSR count). The molecule has 0 saturated carbocycles. The number of morpholine rings is 1. The van der Waals surface area contributed by atoms with Crippen molar-refractivity contribution in [3.05, 3.63) is 0 Å². The van der Waals surface area contributed by atoms with Crippen LogP contribution in [0.4, 0.5) is 0 Å². The predicted molar refractivity (Wildman–Crippen MR) is 70.5 cm³/mol. The Morgan fingerprint density at radius 3 is 2.94 bits per heavy atom. The van der Waals surface area contributed by atoms with E-state index in [0.29, 0.717) is 12.3 Å². The Bertz CT molecular complexity index is 249. The fourth-order valence-electron chi connectivity index (χ4n) is 2.58. The highest BCUT2D eigenvalue weighted by Gasteiger charge is 2.17. The fraction of sp³-hybridized carbons (Fsp3) is 0.923. The molecular formula is C13H25N3O2. The fourth-order valence-corrected chi connectivity index (χ4v) is 2.58. The summed E-state index contributed by atoms with van der Waals surface area (Å²) in [6.45, 7) is 7.69. The van der Waals surface area contributed by atoms with Crippen molar-refractivity contribution in [3.63, 3.8) is 0 Å². The summed E-state index contributed by atoms with van der Waals surface area (Å²) < 4.78 is 5.30. The number of carbonyl (C=O) groups is 1. The first-order chi connectivity index (χ1) is 8.84. The molecule has 0 radical (unpaired) electrons. The lowest BCUT2D eigenvalue weighted by Crippen LogP contribution is -2.38. The minimum absolute atomic E-state index is 0.214. The second-order valence-corrected chi connectivity index (χ2v) is 5.22. The van der Waals surface area contributed by atoms with E-state index < -0.39 is 0 Å². The summed E-state index contributed by atoms with van der Waals surface area (Å²) in [6, 6.07) is 0. The molecule has 1 atom stereocenters. The van der Waals surface area contributed by atoms with Gasteiger partial charge < -0.3 is 15.4 Å². The van der Waals surface area contributed by atoms with Crippen LogP contribution in [0.3, 0.4) is 0 Å². The number of nitrogens with one attached hydrogen (secondary N) is 2. The van der Waals surface area contributed by atoms with Gasteiger partial charge in [0, 0.05) is 26.1 Å². The zero-order valence-corrected chi connectivity index (χ0v) is 11.1. The van der Waals surface area contributed by atoms with Crippen LogP contribution in [0.25, 0.3) is 0 Å². The molecule has 2 heterocycles. The maximum absolute atomic E-state index is 11.7. The SMILES string of the molecule is O=C(CC1CCNC1)NCCCN1CCOCC1. The van der Waals surface area contributed by atoms with Crippen molar-refractivity contribution in [1.82, 2.24) is 15.5 Å². The first kappa shape index (κ1) is 13.8. The number of nitrogens with zero attached hydrogens (tertiary/aromatic N) is 1.